The highest BCUT2D eigenvalue weighted by molar-refractivity contribution is 5.83. The second kappa shape index (κ2) is 42.3. The zero-order valence-corrected chi connectivity index (χ0v) is 45.8. The lowest BCUT2D eigenvalue weighted by molar-refractivity contribution is -0.309. The molecule has 0 saturated carbocycles. The lowest BCUT2D eigenvalue weighted by Crippen LogP contribution is -2.63. The number of esters is 6. The summed E-state index contributed by atoms with van der Waals surface area (Å²) in [6.07, 6.45) is 27.0. The van der Waals surface area contributed by atoms with Gasteiger partial charge < -0.3 is 43.2 Å². The van der Waals surface area contributed by atoms with Gasteiger partial charge in [0, 0.05) is 41.5 Å². The van der Waals surface area contributed by atoms with Crippen molar-refractivity contribution < 1.29 is 71.5 Å². The van der Waals surface area contributed by atoms with Gasteiger partial charge in [-0.1, -0.05) is 180 Å². The number of hydrogen-bond donors (Lipinski definition) is 1. The van der Waals surface area contributed by atoms with Gasteiger partial charge in [0.1, 0.15) is 18.8 Å². The zero-order chi connectivity index (χ0) is 53.4. The van der Waals surface area contributed by atoms with Crippen LogP contribution in [0.4, 0.5) is 0 Å². The maximum atomic E-state index is 14.2. The molecule has 1 aliphatic rings. The van der Waals surface area contributed by atoms with Gasteiger partial charge in [-0.3, -0.25) is 33.6 Å². The van der Waals surface area contributed by atoms with E-state index < -0.39 is 104 Å². The molecule has 1 heterocycles. The Balaban J connectivity index is 3.27. The molecule has 1 N–H and O–H groups in total. The molecule has 0 radical (unpaired) electrons. The van der Waals surface area contributed by atoms with Gasteiger partial charge in [-0.2, -0.15) is 0 Å². The van der Waals surface area contributed by atoms with Crippen LogP contribution in [0.15, 0.2) is 12.2 Å². The van der Waals surface area contributed by atoms with Crippen molar-refractivity contribution in [3.63, 3.8) is 0 Å². The minimum Gasteiger partial charge on any atom is -0.463 e. The summed E-state index contributed by atoms with van der Waals surface area (Å²) >= 11 is 0. The molecule has 1 amide bonds. The molecular formula is C56H97NO15. The highest BCUT2D eigenvalue weighted by Gasteiger charge is 2.53. The Labute approximate surface area is 433 Å². The predicted molar refractivity (Wildman–Crippen MR) is 275 cm³/mol. The summed E-state index contributed by atoms with van der Waals surface area (Å²) in [5, 5.41) is 2.90. The van der Waals surface area contributed by atoms with Crippen molar-refractivity contribution in [3.8, 4) is 0 Å². The van der Waals surface area contributed by atoms with E-state index in [1.54, 1.807) is 6.08 Å². The van der Waals surface area contributed by atoms with Crippen LogP contribution in [0, 0.1) is 0 Å². The zero-order valence-electron chi connectivity index (χ0n) is 45.8. The van der Waals surface area contributed by atoms with E-state index >= 15 is 0 Å². The number of amides is 1. The smallest absolute Gasteiger partial charge is 0.303 e. The Morgan fingerprint density at radius 2 is 0.903 bits per heavy atom. The van der Waals surface area contributed by atoms with E-state index in [2.05, 4.69) is 19.2 Å². The summed E-state index contributed by atoms with van der Waals surface area (Å²) < 4.78 is 45.7. The molecule has 16 nitrogen and oxygen atoms in total. The Morgan fingerprint density at radius 1 is 0.486 bits per heavy atom. The number of nitrogens with one attached hydrogen (secondary N) is 1. The van der Waals surface area contributed by atoms with Crippen molar-refractivity contribution in [3.05, 3.63) is 12.2 Å². The number of ether oxygens (including phenoxy) is 8. The van der Waals surface area contributed by atoms with Gasteiger partial charge in [0.25, 0.3) is 5.91 Å². The van der Waals surface area contributed by atoms with Crippen LogP contribution in [0.1, 0.15) is 242 Å². The third-order valence-corrected chi connectivity index (χ3v) is 12.6. The third-order valence-electron chi connectivity index (χ3n) is 12.6. The van der Waals surface area contributed by atoms with Gasteiger partial charge in [0.15, 0.2) is 30.7 Å². The Kier molecular flexibility index (Phi) is 38.8. The first-order valence-electron chi connectivity index (χ1n) is 27.8. The minimum atomic E-state index is -1.57. The van der Waals surface area contributed by atoms with Crippen LogP contribution in [-0.2, 0) is 71.5 Å². The SMILES string of the molecule is CCCCCCCCCCCCCCCC=CC(OC(C)=O)C(COC1OC(COC(C)=O)C(OC(C)=O)C(OC(C)=O)C1OC(C)=O)NC(=O)C(CCCCCCCCCCCCCCCC)OC(C)=O. The fourth-order valence-corrected chi connectivity index (χ4v) is 8.94. The predicted octanol–water partition coefficient (Wildman–Crippen LogP) is 11.3. The highest BCUT2D eigenvalue weighted by atomic mass is 16.7. The summed E-state index contributed by atoms with van der Waals surface area (Å²) in [5.74, 6) is -5.03. The molecule has 0 bridgehead atoms. The number of carbonyl (C=O) groups is 7. The topological polar surface area (TPSA) is 205 Å². The standard InChI is InChI=1S/C56H97NO15/c1-9-11-13-15-17-19-21-23-25-27-28-30-32-34-36-38-49(67-43(4)59)48(57-55(64)50(68-44(5)60)39-37-35-33-31-29-26-24-22-20-18-16-14-12-10-2)40-66-56-54(71-47(8)63)53(70-46(7)62)52(69-45(6)61)51(72-56)41-65-42(3)58/h36,38,48-54,56H,9-35,37,39-41H2,1-8H3,(H,57,64). The second-order valence-electron chi connectivity index (χ2n) is 19.5. The summed E-state index contributed by atoms with van der Waals surface area (Å²) in [4.78, 5) is 88.4. The normalized spacial score (nSPS) is 18.9. The maximum absolute atomic E-state index is 14.2. The molecule has 0 aliphatic carbocycles. The van der Waals surface area contributed by atoms with E-state index in [0.717, 1.165) is 65.7 Å². The summed E-state index contributed by atoms with van der Waals surface area (Å²) in [5.41, 5.74) is 0. The maximum Gasteiger partial charge on any atom is 0.303 e. The van der Waals surface area contributed by atoms with Crippen LogP contribution in [0.2, 0.25) is 0 Å². The number of hydrogen-bond acceptors (Lipinski definition) is 15. The second-order valence-corrected chi connectivity index (χ2v) is 19.5. The first-order chi connectivity index (χ1) is 34.6. The van der Waals surface area contributed by atoms with Crippen molar-refractivity contribution >= 4 is 41.7 Å². The number of rotatable bonds is 43. The van der Waals surface area contributed by atoms with Crippen molar-refractivity contribution in [1.82, 2.24) is 5.32 Å². The van der Waals surface area contributed by atoms with Crippen LogP contribution in [0.5, 0.6) is 0 Å². The third kappa shape index (κ3) is 33.6. The largest absolute Gasteiger partial charge is 0.463 e. The molecule has 1 saturated heterocycles. The highest BCUT2D eigenvalue weighted by Crippen LogP contribution is 2.30. The van der Waals surface area contributed by atoms with E-state index in [9.17, 15) is 33.6 Å². The van der Waals surface area contributed by atoms with Crippen molar-refractivity contribution in [2.45, 2.75) is 291 Å². The number of unbranched alkanes of at least 4 members (excludes halogenated alkanes) is 26. The molecule has 16 heteroatoms. The summed E-state index contributed by atoms with van der Waals surface area (Å²) in [6, 6.07) is -1.13. The van der Waals surface area contributed by atoms with Crippen molar-refractivity contribution in [2.24, 2.45) is 0 Å². The van der Waals surface area contributed by atoms with Crippen LogP contribution < -0.4 is 5.32 Å². The molecule has 1 aliphatic heterocycles. The minimum absolute atomic E-state index is 0.254. The van der Waals surface area contributed by atoms with Gasteiger partial charge in [-0.25, -0.2) is 0 Å². The first kappa shape index (κ1) is 66.0. The Hall–Kier alpha value is -4.05. The van der Waals surface area contributed by atoms with E-state index in [0.29, 0.717) is 12.8 Å². The van der Waals surface area contributed by atoms with Crippen LogP contribution in [0.3, 0.4) is 0 Å². The van der Waals surface area contributed by atoms with E-state index in [1.807, 2.05) is 6.08 Å². The average molecular weight is 1020 g/mol. The summed E-state index contributed by atoms with van der Waals surface area (Å²) in [6.45, 7) is 10.5. The molecule has 0 aromatic heterocycles. The molecule has 0 spiro atoms. The fourth-order valence-electron chi connectivity index (χ4n) is 8.94. The van der Waals surface area contributed by atoms with E-state index in [1.165, 1.54) is 143 Å². The number of carbonyl (C=O) groups excluding carboxylic acids is 7. The van der Waals surface area contributed by atoms with Crippen molar-refractivity contribution in [1.29, 1.82) is 0 Å². The van der Waals surface area contributed by atoms with Crippen LogP contribution >= 0.6 is 0 Å². The monoisotopic (exact) mass is 1020 g/mol. The van der Waals surface area contributed by atoms with Gasteiger partial charge in [-0.15, -0.1) is 0 Å². The molecule has 0 aromatic carbocycles. The van der Waals surface area contributed by atoms with Crippen LogP contribution in [-0.4, -0.2) is 104 Å². The molecule has 72 heavy (non-hydrogen) atoms. The fraction of sp³-hybridized carbons (Fsp3) is 0.839. The molecule has 8 atom stereocenters. The Morgan fingerprint density at radius 3 is 1.33 bits per heavy atom. The van der Waals surface area contributed by atoms with Gasteiger partial charge in [-0.05, 0) is 31.8 Å². The molecular weight excluding hydrogens is 927 g/mol. The van der Waals surface area contributed by atoms with E-state index in [4.69, 9.17) is 37.9 Å². The van der Waals surface area contributed by atoms with Gasteiger partial charge >= 0.3 is 35.8 Å². The number of allylic oxidation sites excluding steroid dienone is 1. The first-order valence-corrected chi connectivity index (χ1v) is 27.8. The quantitative estimate of drug-likeness (QED) is 0.0261. The van der Waals surface area contributed by atoms with Crippen LogP contribution in [0.25, 0.3) is 0 Å². The van der Waals surface area contributed by atoms with Gasteiger partial charge in [0.2, 0.25) is 0 Å². The van der Waals surface area contributed by atoms with E-state index in [-0.39, 0.29) is 6.42 Å². The van der Waals surface area contributed by atoms with Crippen molar-refractivity contribution in [2.75, 3.05) is 13.2 Å². The average Bonchev–Trinajstić information content (AvgIpc) is 3.31. The lowest BCUT2D eigenvalue weighted by Gasteiger charge is -2.44. The van der Waals surface area contributed by atoms with Gasteiger partial charge in [0.05, 0.1) is 12.6 Å². The molecule has 416 valence electrons. The lowest BCUT2D eigenvalue weighted by atomic mass is 9.98. The molecule has 1 fully saturated rings. The Bertz CT molecular complexity index is 1540. The molecule has 1 rings (SSSR count). The summed E-state index contributed by atoms with van der Waals surface area (Å²) in [7, 11) is 0. The molecule has 0 aromatic rings. The molecule has 8 unspecified atom stereocenters.